The summed E-state index contributed by atoms with van der Waals surface area (Å²) in [5.41, 5.74) is 2.22. The summed E-state index contributed by atoms with van der Waals surface area (Å²) in [7, 11) is 1.67. The maximum Gasteiger partial charge on any atom is 0.270 e. The summed E-state index contributed by atoms with van der Waals surface area (Å²) in [5.74, 6) is -0.326. The summed E-state index contributed by atoms with van der Waals surface area (Å²) in [5, 5.41) is 2.75. The highest BCUT2D eigenvalue weighted by molar-refractivity contribution is 6.07. The Morgan fingerprint density at radius 1 is 1.00 bits per heavy atom. The lowest BCUT2D eigenvalue weighted by atomic mass is 10.0. The van der Waals surface area contributed by atoms with E-state index in [1.807, 2.05) is 60.7 Å². The molecule has 0 aromatic heterocycles. The van der Waals surface area contributed by atoms with Gasteiger partial charge in [0.1, 0.15) is 11.7 Å². The van der Waals surface area contributed by atoms with Gasteiger partial charge in [0.25, 0.3) is 5.91 Å². The van der Waals surface area contributed by atoms with Gasteiger partial charge in [0.05, 0.1) is 0 Å². The predicted octanol–water partition coefficient (Wildman–Crippen LogP) is 2.23. The molecule has 23 heavy (non-hydrogen) atoms. The molecule has 0 aliphatic carbocycles. The number of benzene rings is 2. The number of nitrogens with one attached hydrogen (secondary N) is 1. The van der Waals surface area contributed by atoms with Gasteiger partial charge in [0.15, 0.2) is 0 Å². The van der Waals surface area contributed by atoms with Crippen LogP contribution in [0, 0.1) is 0 Å². The third kappa shape index (κ3) is 3.31. The van der Waals surface area contributed by atoms with Crippen molar-refractivity contribution >= 4 is 17.9 Å². The number of rotatable bonds is 3. The van der Waals surface area contributed by atoms with Gasteiger partial charge in [-0.1, -0.05) is 60.7 Å². The zero-order valence-electron chi connectivity index (χ0n) is 12.9. The fourth-order valence-electron chi connectivity index (χ4n) is 2.66. The number of nitrogens with zero attached hydrogens (tertiary/aromatic N) is 1. The third-order valence-electron chi connectivity index (χ3n) is 3.96. The van der Waals surface area contributed by atoms with Crippen LogP contribution in [0.5, 0.6) is 0 Å². The fraction of sp³-hybridized carbons (Fsp3) is 0.158. The molecule has 3 rings (SSSR count). The van der Waals surface area contributed by atoms with E-state index in [4.69, 9.17) is 0 Å². The largest absolute Gasteiger partial charge is 0.328 e. The molecular weight excluding hydrogens is 288 g/mol. The monoisotopic (exact) mass is 306 g/mol. The van der Waals surface area contributed by atoms with Crippen molar-refractivity contribution < 1.29 is 9.59 Å². The van der Waals surface area contributed by atoms with Crippen molar-refractivity contribution in [1.29, 1.82) is 0 Å². The lowest BCUT2D eigenvalue weighted by molar-refractivity contribution is -0.140. The number of likely N-dealkylation sites (N-methyl/N-ethyl adjacent to an activating group) is 1. The van der Waals surface area contributed by atoms with Crippen molar-refractivity contribution in [2.75, 3.05) is 7.05 Å². The number of carbonyl (C=O) groups is 2. The smallest absolute Gasteiger partial charge is 0.270 e. The van der Waals surface area contributed by atoms with Crippen molar-refractivity contribution in [3.05, 3.63) is 77.5 Å². The highest BCUT2D eigenvalue weighted by Crippen LogP contribution is 2.17. The zero-order chi connectivity index (χ0) is 16.2. The Morgan fingerprint density at radius 2 is 1.61 bits per heavy atom. The topological polar surface area (TPSA) is 49.4 Å². The molecule has 1 aliphatic rings. The molecule has 1 N–H and O–H groups in total. The maximum absolute atomic E-state index is 12.5. The van der Waals surface area contributed by atoms with Crippen LogP contribution >= 0.6 is 0 Å². The summed E-state index contributed by atoms with van der Waals surface area (Å²) in [6.07, 6.45) is 2.21. The summed E-state index contributed by atoms with van der Waals surface area (Å²) in [6.45, 7) is 0. The van der Waals surface area contributed by atoms with Crippen LogP contribution in [0.2, 0.25) is 0 Å². The molecule has 116 valence electrons. The molecule has 1 aliphatic heterocycles. The molecule has 2 amide bonds. The highest BCUT2D eigenvalue weighted by Gasteiger charge is 2.35. The number of carbonyl (C=O) groups excluding carboxylic acids is 2. The van der Waals surface area contributed by atoms with Crippen molar-refractivity contribution in [1.82, 2.24) is 10.2 Å². The van der Waals surface area contributed by atoms with Crippen LogP contribution in [0.4, 0.5) is 0 Å². The molecular formula is C19H18N2O2. The Labute approximate surface area is 135 Å². The minimum Gasteiger partial charge on any atom is -0.328 e. The standard InChI is InChI=1S/C19H18N2O2/c1-21-17(13-15-10-6-3-7-11-15)18(22)20-16(19(21)23)12-14-8-4-2-5-9-14/h2-12,17H,13H2,1H3,(H,20,22)/b16-12-/t17-/m0/s1. The van der Waals surface area contributed by atoms with E-state index in [0.29, 0.717) is 12.1 Å². The van der Waals surface area contributed by atoms with Gasteiger partial charge in [-0.15, -0.1) is 0 Å². The minimum absolute atomic E-state index is 0.155. The van der Waals surface area contributed by atoms with Crippen LogP contribution < -0.4 is 5.32 Å². The minimum atomic E-state index is -0.488. The SMILES string of the molecule is CN1C(=O)/C(=C/c2ccccc2)NC(=O)[C@@H]1Cc1ccccc1. The van der Waals surface area contributed by atoms with Gasteiger partial charge < -0.3 is 10.2 Å². The predicted molar refractivity (Wildman–Crippen MR) is 89.3 cm³/mol. The summed E-state index contributed by atoms with van der Waals surface area (Å²) in [6, 6.07) is 18.7. The highest BCUT2D eigenvalue weighted by atomic mass is 16.2. The van der Waals surface area contributed by atoms with Crippen molar-refractivity contribution in [3.63, 3.8) is 0 Å². The van der Waals surface area contributed by atoms with Gasteiger partial charge in [-0.3, -0.25) is 9.59 Å². The molecule has 0 saturated carbocycles. The van der Waals surface area contributed by atoms with Gasteiger partial charge in [-0.25, -0.2) is 0 Å². The van der Waals surface area contributed by atoms with Crippen LogP contribution in [-0.2, 0) is 16.0 Å². The van der Waals surface area contributed by atoms with Gasteiger partial charge in [-0.05, 0) is 17.2 Å². The van der Waals surface area contributed by atoms with E-state index >= 15 is 0 Å². The molecule has 4 heteroatoms. The maximum atomic E-state index is 12.5. The van der Waals surface area contributed by atoms with Crippen molar-refractivity contribution in [3.8, 4) is 0 Å². The molecule has 2 aromatic carbocycles. The van der Waals surface area contributed by atoms with Crippen LogP contribution in [-0.4, -0.2) is 29.8 Å². The molecule has 1 saturated heterocycles. The van der Waals surface area contributed by atoms with E-state index in [1.165, 1.54) is 4.90 Å². The summed E-state index contributed by atoms with van der Waals surface area (Å²) >= 11 is 0. The molecule has 1 fully saturated rings. The van der Waals surface area contributed by atoms with E-state index in [0.717, 1.165) is 11.1 Å². The number of piperazine rings is 1. The lowest BCUT2D eigenvalue weighted by Crippen LogP contribution is -2.56. The van der Waals surface area contributed by atoms with Gasteiger partial charge in [0, 0.05) is 13.5 Å². The average molecular weight is 306 g/mol. The zero-order valence-corrected chi connectivity index (χ0v) is 12.9. The summed E-state index contributed by atoms with van der Waals surface area (Å²) in [4.78, 5) is 26.4. The van der Waals surface area contributed by atoms with E-state index in [2.05, 4.69) is 5.32 Å². The molecule has 2 aromatic rings. The molecule has 0 radical (unpaired) electrons. The Bertz CT molecular complexity index is 738. The number of hydrogen-bond acceptors (Lipinski definition) is 2. The molecule has 0 unspecified atom stereocenters. The van der Waals surface area contributed by atoms with E-state index in [-0.39, 0.29) is 11.8 Å². The molecule has 0 spiro atoms. The average Bonchev–Trinajstić information content (AvgIpc) is 2.58. The Morgan fingerprint density at radius 3 is 2.26 bits per heavy atom. The van der Waals surface area contributed by atoms with Gasteiger partial charge in [-0.2, -0.15) is 0 Å². The molecule has 1 heterocycles. The normalized spacial score (nSPS) is 19.8. The third-order valence-corrected chi connectivity index (χ3v) is 3.96. The van der Waals surface area contributed by atoms with E-state index in [9.17, 15) is 9.59 Å². The van der Waals surface area contributed by atoms with Gasteiger partial charge >= 0.3 is 0 Å². The van der Waals surface area contributed by atoms with Crippen molar-refractivity contribution in [2.24, 2.45) is 0 Å². The Balaban J connectivity index is 1.81. The summed E-state index contributed by atoms with van der Waals surface area (Å²) < 4.78 is 0. The molecule has 0 bridgehead atoms. The molecule has 1 atom stereocenters. The first-order valence-electron chi connectivity index (χ1n) is 7.54. The Kier molecular flexibility index (Phi) is 4.24. The lowest BCUT2D eigenvalue weighted by Gasteiger charge is -2.33. The number of hydrogen-bond donors (Lipinski definition) is 1. The quantitative estimate of drug-likeness (QED) is 0.884. The van der Waals surface area contributed by atoms with Crippen LogP contribution in [0.1, 0.15) is 11.1 Å². The van der Waals surface area contributed by atoms with Crippen LogP contribution in [0.15, 0.2) is 66.4 Å². The first-order chi connectivity index (χ1) is 11.1. The first-order valence-corrected chi connectivity index (χ1v) is 7.54. The number of amides is 2. The molecule has 4 nitrogen and oxygen atoms in total. The second-order valence-corrected chi connectivity index (χ2v) is 5.58. The van der Waals surface area contributed by atoms with Crippen LogP contribution in [0.3, 0.4) is 0 Å². The first kappa shape index (κ1) is 15.0. The second kappa shape index (κ2) is 6.48. The van der Waals surface area contributed by atoms with Gasteiger partial charge in [0.2, 0.25) is 5.91 Å². The Hall–Kier alpha value is -2.88. The van der Waals surface area contributed by atoms with Crippen LogP contribution in [0.25, 0.3) is 6.08 Å². The second-order valence-electron chi connectivity index (χ2n) is 5.58. The van der Waals surface area contributed by atoms with E-state index in [1.54, 1.807) is 13.1 Å². The van der Waals surface area contributed by atoms with E-state index < -0.39 is 6.04 Å². The van der Waals surface area contributed by atoms with Crippen molar-refractivity contribution in [2.45, 2.75) is 12.5 Å². The fourth-order valence-corrected chi connectivity index (χ4v) is 2.66.